The van der Waals surface area contributed by atoms with Crippen LogP contribution in [0.15, 0.2) is 24.3 Å². The number of benzene rings is 1. The van der Waals surface area contributed by atoms with Crippen LogP contribution < -0.4 is 15.8 Å². The minimum atomic E-state index is -0.109. The van der Waals surface area contributed by atoms with E-state index in [1.54, 1.807) is 12.1 Å². The van der Waals surface area contributed by atoms with Gasteiger partial charge in [-0.05, 0) is 44.3 Å². The number of carbonyl (C=O) groups is 1. The summed E-state index contributed by atoms with van der Waals surface area (Å²) >= 11 is 0. The molecule has 118 valence electrons. The van der Waals surface area contributed by atoms with Crippen molar-refractivity contribution in [2.75, 3.05) is 32.8 Å². The first-order chi connectivity index (χ1) is 10.1. The van der Waals surface area contributed by atoms with Crippen molar-refractivity contribution in [3.8, 4) is 5.75 Å². The molecule has 1 rings (SSSR count). The lowest BCUT2D eigenvalue weighted by molar-refractivity contribution is 0.0941. The molecule has 0 spiro atoms. The lowest BCUT2D eigenvalue weighted by Crippen LogP contribution is -2.37. The summed E-state index contributed by atoms with van der Waals surface area (Å²) in [7, 11) is 0. The smallest absolute Gasteiger partial charge is 0.251 e. The summed E-state index contributed by atoms with van der Waals surface area (Å²) in [6, 6.07) is 7.16. The van der Waals surface area contributed by atoms with Crippen LogP contribution in [0.25, 0.3) is 0 Å². The van der Waals surface area contributed by atoms with Gasteiger partial charge in [-0.3, -0.25) is 4.79 Å². The number of hydrogen-bond acceptors (Lipinski definition) is 4. The van der Waals surface area contributed by atoms with E-state index < -0.39 is 0 Å². The van der Waals surface area contributed by atoms with Gasteiger partial charge in [-0.2, -0.15) is 0 Å². The third-order valence-electron chi connectivity index (χ3n) is 3.42. The molecule has 21 heavy (non-hydrogen) atoms. The van der Waals surface area contributed by atoms with Gasteiger partial charge in [0.1, 0.15) is 12.4 Å². The Morgan fingerprint density at radius 1 is 1.29 bits per heavy atom. The Morgan fingerprint density at radius 2 is 1.90 bits per heavy atom. The second-order valence-electron chi connectivity index (χ2n) is 5.01. The molecule has 0 aliphatic heterocycles. The number of nitrogens with one attached hydrogen (secondary N) is 1. The fourth-order valence-corrected chi connectivity index (χ4v) is 1.90. The topological polar surface area (TPSA) is 67.6 Å². The number of carbonyl (C=O) groups excluding carboxylic acids is 1. The zero-order valence-corrected chi connectivity index (χ0v) is 13.3. The Morgan fingerprint density at radius 3 is 2.43 bits per heavy atom. The zero-order valence-electron chi connectivity index (χ0n) is 13.3. The SMILES string of the molecule is CCN(CC)CCOc1ccc(C(=O)N[C@@H](C)CN)cc1. The molecule has 1 atom stereocenters. The minimum absolute atomic E-state index is 0.0255. The van der Waals surface area contributed by atoms with Gasteiger partial charge in [0.25, 0.3) is 5.91 Å². The molecular weight excluding hydrogens is 266 g/mol. The van der Waals surface area contributed by atoms with E-state index in [-0.39, 0.29) is 11.9 Å². The van der Waals surface area contributed by atoms with Gasteiger partial charge in [-0.25, -0.2) is 0 Å². The summed E-state index contributed by atoms with van der Waals surface area (Å²) in [4.78, 5) is 14.2. The average molecular weight is 293 g/mol. The fourth-order valence-electron chi connectivity index (χ4n) is 1.90. The van der Waals surface area contributed by atoms with Crippen LogP contribution in [-0.4, -0.2) is 49.6 Å². The molecule has 0 saturated heterocycles. The maximum atomic E-state index is 11.9. The third-order valence-corrected chi connectivity index (χ3v) is 3.42. The van der Waals surface area contributed by atoms with Crippen molar-refractivity contribution < 1.29 is 9.53 Å². The molecule has 0 unspecified atom stereocenters. The van der Waals surface area contributed by atoms with Crippen LogP contribution in [0.2, 0.25) is 0 Å². The molecule has 0 aromatic heterocycles. The van der Waals surface area contributed by atoms with Crippen molar-refractivity contribution >= 4 is 5.91 Å². The maximum Gasteiger partial charge on any atom is 0.251 e. The van der Waals surface area contributed by atoms with Crippen LogP contribution in [0.4, 0.5) is 0 Å². The number of ether oxygens (including phenoxy) is 1. The number of nitrogens with two attached hydrogens (primary N) is 1. The van der Waals surface area contributed by atoms with Gasteiger partial charge in [0.15, 0.2) is 0 Å². The summed E-state index contributed by atoms with van der Waals surface area (Å²) in [6.45, 7) is 10.2. The number of nitrogens with zero attached hydrogens (tertiary/aromatic N) is 1. The van der Waals surface area contributed by atoms with E-state index >= 15 is 0 Å². The fraction of sp³-hybridized carbons (Fsp3) is 0.562. The van der Waals surface area contributed by atoms with Gasteiger partial charge in [-0.15, -0.1) is 0 Å². The van der Waals surface area contributed by atoms with E-state index in [2.05, 4.69) is 24.1 Å². The second-order valence-corrected chi connectivity index (χ2v) is 5.01. The van der Waals surface area contributed by atoms with Gasteiger partial charge in [0.2, 0.25) is 0 Å². The number of amides is 1. The van der Waals surface area contributed by atoms with Crippen molar-refractivity contribution in [3.05, 3.63) is 29.8 Å². The largest absolute Gasteiger partial charge is 0.492 e. The Hall–Kier alpha value is -1.59. The molecule has 1 amide bonds. The summed E-state index contributed by atoms with van der Waals surface area (Å²) in [5.74, 6) is 0.674. The molecule has 0 radical (unpaired) electrons. The van der Waals surface area contributed by atoms with Crippen molar-refractivity contribution in [3.63, 3.8) is 0 Å². The molecule has 0 heterocycles. The van der Waals surface area contributed by atoms with Crippen LogP contribution in [0, 0.1) is 0 Å². The van der Waals surface area contributed by atoms with Crippen molar-refractivity contribution in [2.45, 2.75) is 26.8 Å². The average Bonchev–Trinajstić information content (AvgIpc) is 2.52. The molecule has 1 aromatic carbocycles. The van der Waals surface area contributed by atoms with Gasteiger partial charge < -0.3 is 20.7 Å². The number of hydrogen-bond donors (Lipinski definition) is 2. The Labute approximate surface area is 127 Å². The van der Waals surface area contributed by atoms with Gasteiger partial charge >= 0.3 is 0 Å². The standard InChI is InChI=1S/C16H27N3O2/c1-4-19(5-2)10-11-21-15-8-6-14(7-9-15)16(20)18-13(3)12-17/h6-9,13H,4-5,10-12,17H2,1-3H3,(H,18,20)/t13-/m0/s1. The molecule has 3 N–H and O–H groups in total. The molecule has 0 fully saturated rings. The quantitative estimate of drug-likeness (QED) is 0.724. The zero-order chi connectivity index (χ0) is 15.7. The first-order valence-electron chi connectivity index (χ1n) is 7.56. The van der Waals surface area contributed by atoms with E-state index in [1.165, 1.54) is 0 Å². The van der Waals surface area contributed by atoms with Crippen LogP contribution in [0.3, 0.4) is 0 Å². The highest BCUT2D eigenvalue weighted by molar-refractivity contribution is 5.94. The molecule has 5 heteroatoms. The first-order valence-corrected chi connectivity index (χ1v) is 7.56. The lowest BCUT2D eigenvalue weighted by Gasteiger charge is -2.18. The highest BCUT2D eigenvalue weighted by Gasteiger charge is 2.08. The van der Waals surface area contributed by atoms with E-state index in [0.717, 1.165) is 25.4 Å². The van der Waals surface area contributed by atoms with Crippen LogP contribution in [0.1, 0.15) is 31.1 Å². The predicted octanol–water partition coefficient (Wildman–Crippen LogP) is 1.48. The summed E-state index contributed by atoms with van der Waals surface area (Å²) in [5.41, 5.74) is 6.10. The minimum Gasteiger partial charge on any atom is -0.492 e. The van der Waals surface area contributed by atoms with E-state index in [9.17, 15) is 4.79 Å². The number of rotatable bonds is 9. The monoisotopic (exact) mass is 293 g/mol. The third kappa shape index (κ3) is 6.14. The second kappa shape index (κ2) is 9.37. The summed E-state index contributed by atoms with van der Waals surface area (Å²) in [6.07, 6.45) is 0. The van der Waals surface area contributed by atoms with Gasteiger partial charge in [0.05, 0.1) is 0 Å². The van der Waals surface area contributed by atoms with Gasteiger partial charge in [0, 0.05) is 24.7 Å². The molecular formula is C16H27N3O2. The summed E-state index contributed by atoms with van der Waals surface area (Å²) in [5, 5.41) is 2.83. The molecule has 0 aliphatic carbocycles. The molecule has 0 saturated carbocycles. The van der Waals surface area contributed by atoms with Gasteiger partial charge in [-0.1, -0.05) is 13.8 Å². The Balaban J connectivity index is 2.45. The van der Waals surface area contributed by atoms with Crippen molar-refractivity contribution in [1.29, 1.82) is 0 Å². The van der Waals surface area contributed by atoms with E-state index in [1.807, 2.05) is 19.1 Å². The lowest BCUT2D eigenvalue weighted by atomic mass is 10.2. The molecule has 5 nitrogen and oxygen atoms in total. The molecule has 0 aliphatic rings. The van der Waals surface area contributed by atoms with Crippen LogP contribution in [-0.2, 0) is 0 Å². The molecule has 1 aromatic rings. The molecule has 0 bridgehead atoms. The normalized spacial score (nSPS) is 12.2. The highest BCUT2D eigenvalue weighted by Crippen LogP contribution is 2.12. The van der Waals surface area contributed by atoms with E-state index in [0.29, 0.717) is 18.7 Å². The number of likely N-dealkylation sites (N-methyl/N-ethyl adjacent to an activating group) is 1. The first kappa shape index (κ1) is 17.5. The van der Waals surface area contributed by atoms with Crippen LogP contribution in [0.5, 0.6) is 5.75 Å². The maximum absolute atomic E-state index is 11.9. The Kier molecular flexibility index (Phi) is 7.79. The highest BCUT2D eigenvalue weighted by atomic mass is 16.5. The van der Waals surface area contributed by atoms with Crippen molar-refractivity contribution in [2.24, 2.45) is 5.73 Å². The van der Waals surface area contributed by atoms with Crippen LogP contribution >= 0.6 is 0 Å². The van der Waals surface area contributed by atoms with Crippen molar-refractivity contribution in [1.82, 2.24) is 10.2 Å². The Bertz CT molecular complexity index is 416. The summed E-state index contributed by atoms with van der Waals surface area (Å²) < 4.78 is 5.68. The predicted molar refractivity (Wildman–Crippen MR) is 85.7 cm³/mol. The van der Waals surface area contributed by atoms with E-state index in [4.69, 9.17) is 10.5 Å².